The standard InChI is InChI=1S/C31H24O11/c1-11-7-14-20(16(33)8-11)26(37)23-24(35)13-5-6-30(23,28(14)39)10-12-9-17-21(25(36)19(12)13)27(38)22-15(32)3-4-18(34)31(22,42-17)29(40)41-2/h5-9,13,18,22-23,33-34,36H,3-4,10H2,1-2H3/t13-,18+,22-,23+,30+,31-/m0/s1. The normalized spacial score (nSPS) is 32.2. The largest absolute Gasteiger partial charge is 0.507 e. The molecule has 1 fully saturated rings. The van der Waals surface area contributed by atoms with Gasteiger partial charge in [0.2, 0.25) is 5.60 Å². The molecule has 8 rings (SSSR count). The Balaban J connectivity index is 1.46. The van der Waals surface area contributed by atoms with Crippen LogP contribution < -0.4 is 4.74 Å². The van der Waals surface area contributed by atoms with Gasteiger partial charge in [-0.2, -0.15) is 0 Å². The highest BCUT2D eigenvalue weighted by Gasteiger charge is 2.67. The van der Waals surface area contributed by atoms with Crippen LogP contribution in [0.5, 0.6) is 17.2 Å². The van der Waals surface area contributed by atoms with Crippen LogP contribution in [0.25, 0.3) is 0 Å². The number of aliphatic hydroxyl groups is 1. The Morgan fingerprint density at radius 2 is 1.74 bits per heavy atom. The van der Waals surface area contributed by atoms with Gasteiger partial charge in [-0.05, 0) is 49.1 Å². The Labute approximate surface area is 237 Å². The minimum atomic E-state index is -2.39. The topological polar surface area (TPSA) is 182 Å². The lowest BCUT2D eigenvalue weighted by molar-refractivity contribution is -0.185. The number of aromatic hydroxyl groups is 2. The Kier molecular flexibility index (Phi) is 5.14. The number of Topliss-reactive ketones (excluding diaryl/α,β-unsaturated/α-hetero) is 5. The minimum Gasteiger partial charge on any atom is -0.507 e. The third-order valence-corrected chi connectivity index (χ3v) is 9.52. The number of phenols is 2. The minimum absolute atomic E-state index is 0.0161. The number of phenolic OH excluding ortho intramolecular Hbond substituents is 2. The highest BCUT2D eigenvalue weighted by Crippen LogP contribution is 2.58. The first-order chi connectivity index (χ1) is 19.9. The van der Waals surface area contributed by atoms with E-state index in [1.54, 1.807) is 6.92 Å². The predicted octanol–water partition coefficient (Wildman–Crippen LogP) is 1.69. The fourth-order valence-electron chi connectivity index (χ4n) is 7.70. The Hall–Kier alpha value is -4.64. The van der Waals surface area contributed by atoms with Crippen molar-refractivity contribution in [1.82, 2.24) is 0 Å². The summed E-state index contributed by atoms with van der Waals surface area (Å²) < 4.78 is 10.8. The van der Waals surface area contributed by atoms with Crippen LogP contribution in [0, 0.1) is 24.2 Å². The number of ether oxygens (including phenoxy) is 2. The molecule has 11 heteroatoms. The molecule has 0 aromatic heterocycles. The van der Waals surface area contributed by atoms with Crippen molar-refractivity contribution in [2.24, 2.45) is 17.3 Å². The zero-order valence-electron chi connectivity index (χ0n) is 22.4. The summed E-state index contributed by atoms with van der Waals surface area (Å²) in [5.41, 5.74) is -4.07. The Bertz CT molecular complexity index is 1770. The van der Waals surface area contributed by atoms with Gasteiger partial charge in [0.25, 0.3) is 0 Å². The predicted molar refractivity (Wildman–Crippen MR) is 140 cm³/mol. The molecule has 214 valence electrons. The summed E-state index contributed by atoms with van der Waals surface area (Å²) in [7, 11) is 1.02. The number of rotatable bonds is 1. The zero-order chi connectivity index (χ0) is 30.0. The van der Waals surface area contributed by atoms with E-state index in [9.17, 15) is 44.1 Å². The van der Waals surface area contributed by atoms with Gasteiger partial charge in [0.05, 0.1) is 29.9 Å². The Morgan fingerprint density at radius 1 is 1.02 bits per heavy atom. The highest BCUT2D eigenvalue weighted by atomic mass is 16.6. The molecule has 2 aromatic rings. The van der Waals surface area contributed by atoms with E-state index in [2.05, 4.69) is 0 Å². The van der Waals surface area contributed by atoms with Crippen molar-refractivity contribution < 1.29 is 53.6 Å². The summed E-state index contributed by atoms with van der Waals surface area (Å²) in [5.74, 6) is -10.7. The molecule has 0 unspecified atom stereocenters. The fourth-order valence-corrected chi connectivity index (χ4v) is 7.70. The molecule has 2 aromatic carbocycles. The highest BCUT2D eigenvalue weighted by molar-refractivity contribution is 6.28. The average molecular weight is 573 g/mol. The van der Waals surface area contributed by atoms with Crippen molar-refractivity contribution in [2.75, 3.05) is 7.11 Å². The van der Waals surface area contributed by atoms with Crippen LogP contribution in [0.1, 0.15) is 66.5 Å². The molecule has 5 aliphatic carbocycles. The molecule has 1 heterocycles. The first-order valence-corrected chi connectivity index (χ1v) is 13.5. The number of hydrogen-bond donors (Lipinski definition) is 3. The van der Waals surface area contributed by atoms with E-state index in [1.165, 1.54) is 30.4 Å². The van der Waals surface area contributed by atoms with Crippen molar-refractivity contribution in [3.63, 3.8) is 0 Å². The average Bonchev–Trinajstić information content (AvgIpc) is 3.16. The third kappa shape index (κ3) is 2.88. The number of aryl methyl sites for hydroxylation is 1. The number of ketones is 5. The molecule has 42 heavy (non-hydrogen) atoms. The number of carbonyl (C=O) groups is 6. The summed E-state index contributed by atoms with van der Waals surface area (Å²) in [6, 6.07) is 4.12. The van der Waals surface area contributed by atoms with E-state index in [0.29, 0.717) is 5.56 Å². The number of hydrogen-bond acceptors (Lipinski definition) is 11. The van der Waals surface area contributed by atoms with E-state index in [-0.39, 0.29) is 47.3 Å². The third-order valence-electron chi connectivity index (χ3n) is 9.52. The number of allylic oxidation sites excluding steroid dienone is 2. The van der Waals surface area contributed by atoms with Crippen LogP contribution >= 0.6 is 0 Å². The smallest absolute Gasteiger partial charge is 0.354 e. The van der Waals surface area contributed by atoms with Crippen LogP contribution in [-0.2, 0) is 25.5 Å². The molecular weight excluding hydrogens is 548 g/mol. The van der Waals surface area contributed by atoms with E-state index in [4.69, 9.17) is 9.47 Å². The van der Waals surface area contributed by atoms with Crippen molar-refractivity contribution in [3.05, 3.63) is 63.7 Å². The summed E-state index contributed by atoms with van der Waals surface area (Å²) in [5, 5.41) is 33.1. The second-order valence-electron chi connectivity index (χ2n) is 11.7. The number of esters is 1. The lowest BCUT2D eigenvalue weighted by Gasteiger charge is -2.46. The van der Waals surface area contributed by atoms with E-state index in [1.807, 2.05) is 0 Å². The number of fused-ring (bicyclic) bond motifs is 3. The van der Waals surface area contributed by atoms with Crippen molar-refractivity contribution in [2.45, 2.75) is 43.8 Å². The molecule has 0 amide bonds. The number of benzene rings is 2. The van der Waals surface area contributed by atoms with Crippen molar-refractivity contribution >= 4 is 34.9 Å². The monoisotopic (exact) mass is 572 g/mol. The van der Waals surface area contributed by atoms with Gasteiger partial charge in [-0.1, -0.05) is 12.2 Å². The molecule has 11 nitrogen and oxygen atoms in total. The van der Waals surface area contributed by atoms with Crippen LogP contribution in [0.3, 0.4) is 0 Å². The maximum absolute atomic E-state index is 14.1. The Morgan fingerprint density at radius 3 is 2.45 bits per heavy atom. The lowest BCUT2D eigenvalue weighted by atomic mass is 9.57. The summed E-state index contributed by atoms with van der Waals surface area (Å²) in [4.78, 5) is 81.8. The molecule has 3 N–H and O–H groups in total. The number of methoxy groups -OCH3 is 1. The number of carbonyl (C=O) groups excluding carboxylic acids is 6. The van der Waals surface area contributed by atoms with E-state index in [0.717, 1.165) is 7.11 Å². The lowest BCUT2D eigenvalue weighted by Crippen LogP contribution is -2.68. The molecule has 6 atom stereocenters. The van der Waals surface area contributed by atoms with Crippen LogP contribution in [0.4, 0.5) is 0 Å². The van der Waals surface area contributed by atoms with Gasteiger partial charge in [0.1, 0.15) is 40.6 Å². The number of aliphatic hydroxyl groups excluding tert-OH is 1. The second-order valence-corrected chi connectivity index (χ2v) is 11.7. The molecule has 1 aliphatic heterocycles. The molecule has 2 bridgehead atoms. The quantitative estimate of drug-likeness (QED) is 0.257. The van der Waals surface area contributed by atoms with Crippen molar-refractivity contribution in [1.29, 1.82) is 0 Å². The SMILES string of the molecule is COC(=O)[C@@]12Oc3cc4c(c(O)c3C(=O)[C@@H]1C(=O)CC[C@H]2O)[C@@H]1C=C[C@]2(C4)C(=O)c3cc(C)cc(O)c3C(=O)[C@H]2C1=O. The van der Waals surface area contributed by atoms with Gasteiger partial charge in [0.15, 0.2) is 23.1 Å². The van der Waals surface area contributed by atoms with E-state index < -0.39 is 86.8 Å². The molecule has 1 saturated carbocycles. The molecule has 6 aliphatic rings. The fraction of sp³-hybridized carbons (Fsp3) is 0.355. The van der Waals surface area contributed by atoms with Gasteiger partial charge in [-0.15, -0.1) is 0 Å². The molecule has 1 spiro atoms. The van der Waals surface area contributed by atoms with Gasteiger partial charge < -0.3 is 24.8 Å². The zero-order valence-corrected chi connectivity index (χ0v) is 22.4. The molecule has 0 radical (unpaired) electrons. The maximum atomic E-state index is 14.1. The summed E-state index contributed by atoms with van der Waals surface area (Å²) >= 11 is 0. The summed E-state index contributed by atoms with van der Waals surface area (Å²) in [6.07, 6.45) is 0.683. The molecule has 0 saturated heterocycles. The van der Waals surface area contributed by atoms with Crippen molar-refractivity contribution in [3.8, 4) is 17.2 Å². The van der Waals surface area contributed by atoms with E-state index >= 15 is 0 Å². The first kappa shape index (κ1) is 26.3. The van der Waals surface area contributed by atoms with Crippen LogP contribution in [0.15, 0.2) is 30.4 Å². The van der Waals surface area contributed by atoms with Gasteiger partial charge in [-0.3, -0.25) is 24.0 Å². The maximum Gasteiger partial charge on any atom is 0.354 e. The summed E-state index contributed by atoms with van der Waals surface area (Å²) in [6.45, 7) is 1.65. The first-order valence-electron chi connectivity index (χ1n) is 13.5. The van der Waals surface area contributed by atoms with Gasteiger partial charge >= 0.3 is 5.97 Å². The van der Waals surface area contributed by atoms with Gasteiger partial charge in [0, 0.05) is 17.5 Å². The van der Waals surface area contributed by atoms with Crippen LogP contribution in [0.2, 0.25) is 0 Å². The second kappa shape index (κ2) is 8.22. The molecular formula is C31H24O11. The van der Waals surface area contributed by atoms with Gasteiger partial charge in [-0.25, -0.2) is 4.79 Å². The van der Waals surface area contributed by atoms with Crippen LogP contribution in [-0.4, -0.2) is 69.0 Å².